The summed E-state index contributed by atoms with van der Waals surface area (Å²) in [6.07, 6.45) is 2.59. The van der Waals surface area contributed by atoms with Crippen LogP contribution in [0.5, 0.6) is 0 Å². The lowest BCUT2D eigenvalue weighted by Gasteiger charge is -2.26. The van der Waals surface area contributed by atoms with Crippen LogP contribution in [0.4, 0.5) is 4.79 Å². The maximum atomic E-state index is 12.4. The lowest BCUT2D eigenvalue weighted by atomic mass is 9.93. The van der Waals surface area contributed by atoms with Crippen LogP contribution in [0.15, 0.2) is 0 Å². The van der Waals surface area contributed by atoms with Crippen LogP contribution < -0.4 is 0 Å². The molecule has 0 aliphatic carbocycles. The highest BCUT2D eigenvalue weighted by Gasteiger charge is 2.45. The zero-order valence-corrected chi connectivity index (χ0v) is 12.0. The monoisotopic (exact) mass is 267 g/mol. The average Bonchev–Trinajstić information content (AvgIpc) is 3.04. The number of hydrogen-bond acceptors (Lipinski definition) is 3. The number of nitrogens with zero attached hydrogens (tertiary/aromatic N) is 3. The summed E-state index contributed by atoms with van der Waals surface area (Å²) in [4.78, 5) is 18.6. The average molecular weight is 267 g/mol. The Balaban J connectivity index is 1.59. The minimum Gasteiger partial charge on any atom is -0.376 e. The van der Waals surface area contributed by atoms with E-state index < -0.39 is 0 Å². The van der Waals surface area contributed by atoms with E-state index >= 15 is 0 Å². The molecule has 19 heavy (non-hydrogen) atoms. The Morgan fingerprint density at radius 1 is 1.21 bits per heavy atom. The molecule has 3 aliphatic rings. The fourth-order valence-electron chi connectivity index (χ4n) is 3.72. The Morgan fingerprint density at radius 2 is 1.95 bits per heavy atom. The summed E-state index contributed by atoms with van der Waals surface area (Å²) >= 11 is 0. The van der Waals surface area contributed by atoms with E-state index in [9.17, 15) is 4.79 Å². The van der Waals surface area contributed by atoms with E-state index in [-0.39, 0.29) is 12.1 Å². The highest BCUT2D eigenvalue weighted by molar-refractivity contribution is 5.75. The fraction of sp³-hybridized carbons (Fsp3) is 0.929. The number of hydrogen-bond donors (Lipinski definition) is 0. The van der Waals surface area contributed by atoms with E-state index in [2.05, 4.69) is 19.0 Å². The molecule has 2 amide bonds. The van der Waals surface area contributed by atoms with Crippen molar-refractivity contribution < 1.29 is 9.53 Å². The quantitative estimate of drug-likeness (QED) is 0.739. The standard InChI is InChI=1S/C14H25N3O2/c1-15(2)7-11-10-19-13-9-17(8-12(11)13)14(18)16-5-3-4-6-16/h11-13H,3-10H2,1-2H3/t11-,12-,13-/m1/s1. The van der Waals surface area contributed by atoms with Crippen LogP contribution in [-0.2, 0) is 4.74 Å². The van der Waals surface area contributed by atoms with Gasteiger partial charge in [0.1, 0.15) is 0 Å². The number of fused-ring (bicyclic) bond motifs is 1. The number of rotatable bonds is 2. The predicted octanol–water partition coefficient (Wildman–Crippen LogP) is 0.711. The maximum Gasteiger partial charge on any atom is 0.320 e. The molecule has 0 aromatic carbocycles. The van der Waals surface area contributed by atoms with Gasteiger partial charge in [-0.25, -0.2) is 4.79 Å². The highest BCUT2D eigenvalue weighted by atomic mass is 16.5. The van der Waals surface area contributed by atoms with Crippen molar-refractivity contribution in [3.05, 3.63) is 0 Å². The van der Waals surface area contributed by atoms with Gasteiger partial charge in [0.2, 0.25) is 0 Å². The predicted molar refractivity (Wildman–Crippen MR) is 73.1 cm³/mol. The molecule has 3 rings (SSSR count). The van der Waals surface area contributed by atoms with Crippen molar-refractivity contribution in [2.45, 2.75) is 18.9 Å². The van der Waals surface area contributed by atoms with Gasteiger partial charge < -0.3 is 19.4 Å². The summed E-state index contributed by atoms with van der Waals surface area (Å²) in [7, 11) is 4.21. The van der Waals surface area contributed by atoms with Gasteiger partial charge in [-0.2, -0.15) is 0 Å². The lowest BCUT2D eigenvalue weighted by molar-refractivity contribution is 0.0927. The first kappa shape index (κ1) is 13.2. The summed E-state index contributed by atoms with van der Waals surface area (Å²) < 4.78 is 5.89. The second-order valence-corrected chi connectivity index (χ2v) is 6.44. The van der Waals surface area contributed by atoms with Gasteiger partial charge in [-0.15, -0.1) is 0 Å². The maximum absolute atomic E-state index is 12.4. The first-order valence-electron chi connectivity index (χ1n) is 7.45. The van der Waals surface area contributed by atoms with Gasteiger partial charge in [-0.1, -0.05) is 0 Å². The number of ether oxygens (including phenoxy) is 1. The van der Waals surface area contributed by atoms with E-state index in [1.54, 1.807) is 0 Å². The summed E-state index contributed by atoms with van der Waals surface area (Å²) in [5, 5.41) is 0. The van der Waals surface area contributed by atoms with Crippen molar-refractivity contribution in [3.63, 3.8) is 0 Å². The third kappa shape index (κ3) is 2.58. The van der Waals surface area contributed by atoms with Crippen LogP contribution in [0.3, 0.4) is 0 Å². The van der Waals surface area contributed by atoms with Gasteiger partial charge in [0.05, 0.1) is 12.7 Å². The van der Waals surface area contributed by atoms with Crippen molar-refractivity contribution in [1.29, 1.82) is 0 Å². The smallest absolute Gasteiger partial charge is 0.320 e. The minimum absolute atomic E-state index is 0.235. The Morgan fingerprint density at radius 3 is 2.63 bits per heavy atom. The highest BCUT2D eigenvalue weighted by Crippen LogP contribution is 2.34. The SMILES string of the molecule is CN(C)C[C@@H]1CO[C@@H]2CN(C(=O)N3CCCC3)C[C@H]12. The largest absolute Gasteiger partial charge is 0.376 e. The third-order valence-electron chi connectivity index (χ3n) is 4.69. The molecule has 108 valence electrons. The first-order valence-corrected chi connectivity index (χ1v) is 7.45. The van der Waals surface area contributed by atoms with Crippen molar-refractivity contribution in [3.8, 4) is 0 Å². The van der Waals surface area contributed by atoms with Crippen molar-refractivity contribution in [1.82, 2.24) is 14.7 Å². The van der Waals surface area contributed by atoms with Crippen LogP contribution in [0.2, 0.25) is 0 Å². The molecule has 5 heteroatoms. The number of urea groups is 1. The molecular weight excluding hydrogens is 242 g/mol. The van der Waals surface area contributed by atoms with Crippen LogP contribution in [-0.4, -0.2) is 80.3 Å². The molecule has 0 unspecified atom stereocenters. The summed E-state index contributed by atoms with van der Waals surface area (Å²) in [6, 6.07) is 0.235. The minimum atomic E-state index is 0.235. The molecule has 0 spiro atoms. The molecule has 0 aromatic heterocycles. The van der Waals surface area contributed by atoms with Crippen LogP contribution >= 0.6 is 0 Å². The Hall–Kier alpha value is -0.810. The molecule has 3 aliphatic heterocycles. The van der Waals surface area contributed by atoms with E-state index in [0.717, 1.165) is 52.2 Å². The van der Waals surface area contributed by atoms with Gasteiger partial charge in [-0.3, -0.25) is 0 Å². The van der Waals surface area contributed by atoms with Crippen LogP contribution in [0, 0.1) is 11.8 Å². The zero-order valence-electron chi connectivity index (χ0n) is 12.0. The number of amides is 2. The molecular formula is C14H25N3O2. The molecule has 3 heterocycles. The summed E-state index contributed by atoms with van der Waals surface area (Å²) in [6.45, 7) is 5.48. The molecule has 3 saturated heterocycles. The molecule has 0 radical (unpaired) electrons. The van der Waals surface area contributed by atoms with E-state index in [0.29, 0.717) is 11.8 Å². The second-order valence-electron chi connectivity index (χ2n) is 6.44. The molecule has 0 N–H and O–H groups in total. The van der Waals surface area contributed by atoms with Gasteiger partial charge in [-0.05, 0) is 26.9 Å². The molecule has 0 aromatic rings. The number of carbonyl (C=O) groups is 1. The molecule has 5 nitrogen and oxygen atoms in total. The summed E-state index contributed by atoms with van der Waals surface area (Å²) in [5.41, 5.74) is 0. The number of likely N-dealkylation sites (tertiary alicyclic amines) is 2. The fourth-order valence-corrected chi connectivity index (χ4v) is 3.72. The zero-order chi connectivity index (χ0) is 13.4. The summed E-state index contributed by atoms with van der Waals surface area (Å²) in [5.74, 6) is 1.12. The van der Waals surface area contributed by atoms with Crippen LogP contribution in [0.25, 0.3) is 0 Å². The van der Waals surface area contributed by atoms with Gasteiger partial charge in [0.15, 0.2) is 0 Å². The molecule has 3 fully saturated rings. The van der Waals surface area contributed by atoms with Crippen molar-refractivity contribution >= 4 is 6.03 Å². The second kappa shape index (κ2) is 5.29. The Labute approximate surface area is 115 Å². The third-order valence-corrected chi connectivity index (χ3v) is 4.69. The normalized spacial score (nSPS) is 34.4. The Bertz CT molecular complexity index is 342. The Kier molecular flexibility index (Phi) is 3.67. The van der Waals surface area contributed by atoms with E-state index in [1.807, 2.05) is 9.80 Å². The van der Waals surface area contributed by atoms with Crippen LogP contribution in [0.1, 0.15) is 12.8 Å². The molecule has 0 bridgehead atoms. The van der Waals surface area contributed by atoms with E-state index in [1.165, 1.54) is 0 Å². The molecule has 3 atom stereocenters. The van der Waals surface area contributed by atoms with Gasteiger partial charge >= 0.3 is 6.03 Å². The van der Waals surface area contributed by atoms with Gasteiger partial charge in [0.25, 0.3) is 0 Å². The van der Waals surface area contributed by atoms with E-state index in [4.69, 9.17) is 4.74 Å². The first-order chi connectivity index (χ1) is 9.15. The lowest BCUT2D eigenvalue weighted by Crippen LogP contribution is -2.41. The van der Waals surface area contributed by atoms with Gasteiger partial charge in [0, 0.05) is 44.6 Å². The number of carbonyl (C=O) groups excluding carboxylic acids is 1. The van der Waals surface area contributed by atoms with Crippen molar-refractivity contribution in [2.75, 3.05) is 53.4 Å². The molecule has 0 saturated carbocycles. The topological polar surface area (TPSA) is 36.0 Å². The van der Waals surface area contributed by atoms with Crippen molar-refractivity contribution in [2.24, 2.45) is 11.8 Å².